The second-order valence-corrected chi connectivity index (χ2v) is 3.08. The van der Waals surface area contributed by atoms with Crippen LogP contribution in [-0.4, -0.2) is 6.54 Å². The summed E-state index contributed by atoms with van der Waals surface area (Å²) >= 11 is 0. The van der Waals surface area contributed by atoms with Gasteiger partial charge >= 0.3 is 0 Å². The Bertz CT molecular complexity index is 201. The van der Waals surface area contributed by atoms with E-state index in [4.69, 9.17) is 5.53 Å². The summed E-state index contributed by atoms with van der Waals surface area (Å²) in [4.78, 5) is 2.75. The molecule has 0 N–H and O–H groups in total. The lowest BCUT2D eigenvalue weighted by Gasteiger charge is -2.16. The van der Waals surface area contributed by atoms with E-state index in [1.54, 1.807) is 0 Å². The van der Waals surface area contributed by atoms with Crippen molar-refractivity contribution >= 4 is 0 Å². The number of azide groups is 1. The lowest BCUT2D eigenvalue weighted by Crippen LogP contribution is -2.06. The molecular formula is C8H13N3. The van der Waals surface area contributed by atoms with E-state index in [1.807, 2.05) is 0 Å². The van der Waals surface area contributed by atoms with Crippen LogP contribution in [0.3, 0.4) is 0 Å². The predicted octanol–water partition coefficient (Wildman–Crippen LogP) is 3.04. The molecule has 1 rings (SSSR count). The fraction of sp³-hybridized carbons (Fsp3) is 0.750. The molecule has 1 unspecified atom stereocenters. The quantitative estimate of drug-likeness (QED) is 0.252. The van der Waals surface area contributed by atoms with Gasteiger partial charge in [0.15, 0.2) is 0 Å². The van der Waals surface area contributed by atoms with E-state index in [0.29, 0.717) is 12.5 Å². The third-order valence-electron chi connectivity index (χ3n) is 2.05. The van der Waals surface area contributed by atoms with E-state index < -0.39 is 0 Å². The predicted molar refractivity (Wildman–Crippen MR) is 45.1 cm³/mol. The Kier molecular flexibility index (Phi) is 2.99. The van der Waals surface area contributed by atoms with Crippen molar-refractivity contribution in [3.8, 4) is 0 Å². The van der Waals surface area contributed by atoms with E-state index >= 15 is 0 Å². The Morgan fingerprint density at radius 3 is 3.27 bits per heavy atom. The van der Waals surface area contributed by atoms with E-state index in [2.05, 4.69) is 23.0 Å². The van der Waals surface area contributed by atoms with Crippen LogP contribution in [0.25, 0.3) is 10.4 Å². The maximum atomic E-state index is 8.10. The molecule has 0 bridgehead atoms. The summed E-state index contributed by atoms with van der Waals surface area (Å²) in [7, 11) is 0. The molecule has 1 aliphatic rings. The molecule has 11 heavy (non-hydrogen) atoms. The molecule has 0 aromatic heterocycles. The second kappa shape index (κ2) is 4.04. The smallest absolute Gasteiger partial charge is 0.0320 e. The minimum Gasteiger partial charge on any atom is -0.0934 e. The van der Waals surface area contributed by atoms with Crippen LogP contribution in [0.15, 0.2) is 16.8 Å². The summed E-state index contributed by atoms with van der Waals surface area (Å²) < 4.78 is 0. The van der Waals surface area contributed by atoms with Crippen molar-refractivity contribution in [3.63, 3.8) is 0 Å². The first-order valence-electron chi connectivity index (χ1n) is 4.01. The molecule has 3 nitrogen and oxygen atoms in total. The first-order chi connectivity index (χ1) is 5.33. The first kappa shape index (κ1) is 8.15. The minimum absolute atomic E-state index is 0.500. The van der Waals surface area contributed by atoms with Gasteiger partial charge in [0.05, 0.1) is 0 Å². The van der Waals surface area contributed by atoms with Crippen LogP contribution in [0.1, 0.15) is 26.2 Å². The summed E-state index contributed by atoms with van der Waals surface area (Å²) in [5.74, 6) is 0.500. The standard InChI is InChI=1S/C8H13N3/c1-7-3-2-4-8(5-7)6-10-11-9/h5,8H,2-4,6H2,1H3. The Hall–Kier alpha value is -0.950. The fourth-order valence-electron chi connectivity index (χ4n) is 1.50. The zero-order valence-electron chi connectivity index (χ0n) is 6.82. The van der Waals surface area contributed by atoms with Crippen molar-refractivity contribution in [1.29, 1.82) is 0 Å². The minimum atomic E-state index is 0.500. The van der Waals surface area contributed by atoms with Crippen molar-refractivity contribution < 1.29 is 0 Å². The summed E-state index contributed by atoms with van der Waals surface area (Å²) in [5.41, 5.74) is 9.54. The van der Waals surface area contributed by atoms with Crippen LogP contribution >= 0.6 is 0 Å². The lowest BCUT2D eigenvalue weighted by molar-refractivity contribution is 0.536. The van der Waals surface area contributed by atoms with Crippen molar-refractivity contribution in [1.82, 2.24) is 0 Å². The summed E-state index contributed by atoms with van der Waals surface area (Å²) in [6.07, 6.45) is 5.87. The molecule has 0 heterocycles. The van der Waals surface area contributed by atoms with Gasteiger partial charge in [0.2, 0.25) is 0 Å². The van der Waals surface area contributed by atoms with Crippen molar-refractivity contribution in [2.45, 2.75) is 26.2 Å². The van der Waals surface area contributed by atoms with E-state index in [9.17, 15) is 0 Å². The SMILES string of the molecule is CC1=CC(CN=[N+]=[N-])CCC1. The molecule has 0 fully saturated rings. The number of hydrogen-bond donors (Lipinski definition) is 0. The van der Waals surface area contributed by atoms with Crippen LogP contribution in [0.4, 0.5) is 0 Å². The molecule has 0 amide bonds. The molecule has 1 aliphatic carbocycles. The van der Waals surface area contributed by atoms with Crippen LogP contribution in [0, 0.1) is 5.92 Å². The Morgan fingerprint density at radius 2 is 2.64 bits per heavy atom. The summed E-state index contributed by atoms with van der Waals surface area (Å²) in [6.45, 7) is 2.77. The van der Waals surface area contributed by atoms with Crippen LogP contribution < -0.4 is 0 Å². The van der Waals surface area contributed by atoms with Crippen molar-refractivity contribution in [2.24, 2.45) is 11.0 Å². The van der Waals surface area contributed by atoms with Gasteiger partial charge in [-0.05, 0) is 37.6 Å². The monoisotopic (exact) mass is 151 g/mol. The van der Waals surface area contributed by atoms with E-state index in [1.165, 1.54) is 24.8 Å². The summed E-state index contributed by atoms with van der Waals surface area (Å²) in [5, 5.41) is 3.57. The topological polar surface area (TPSA) is 48.8 Å². The molecule has 0 aromatic carbocycles. The van der Waals surface area contributed by atoms with Gasteiger partial charge in [-0.3, -0.25) is 0 Å². The summed E-state index contributed by atoms with van der Waals surface area (Å²) in [6, 6.07) is 0. The Labute approximate surface area is 66.7 Å². The third-order valence-corrected chi connectivity index (χ3v) is 2.05. The van der Waals surface area contributed by atoms with E-state index in [0.717, 1.165) is 0 Å². The van der Waals surface area contributed by atoms with Gasteiger partial charge in [-0.25, -0.2) is 0 Å². The van der Waals surface area contributed by atoms with Gasteiger partial charge in [0.25, 0.3) is 0 Å². The highest BCUT2D eigenvalue weighted by Gasteiger charge is 2.09. The average molecular weight is 151 g/mol. The van der Waals surface area contributed by atoms with Gasteiger partial charge < -0.3 is 0 Å². The number of allylic oxidation sites excluding steroid dienone is 1. The Balaban J connectivity index is 2.45. The molecule has 0 aromatic rings. The maximum Gasteiger partial charge on any atom is 0.0320 e. The average Bonchev–Trinajstić information content (AvgIpc) is 2.01. The highest BCUT2D eigenvalue weighted by molar-refractivity contribution is 5.05. The molecule has 60 valence electrons. The molecule has 1 atom stereocenters. The third kappa shape index (κ3) is 2.64. The molecule has 0 radical (unpaired) electrons. The van der Waals surface area contributed by atoms with Gasteiger partial charge in [-0.2, -0.15) is 0 Å². The lowest BCUT2D eigenvalue weighted by atomic mass is 9.91. The zero-order chi connectivity index (χ0) is 8.10. The van der Waals surface area contributed by atoms with Gasteiger partial charge in [0.1, 0.15) is 0 Å². The maximum absolute atomic E-state index is 8.10. The number of rotatable bonds is 2. The highest BCUT2D eigenvalue weighted by Crippen LogP contribution is 2.22. The van der Waals surface area contributed by atoms with Crippen molar-refractivity contribution in [3.05, 3.63) is 22.1 Å². The Morgan fingerprint density at radius 1 is 1.82 bits per heavy atom. The fourth-order valence-corrected chi connectivity index (χ4v) is 1.50. The van der Waals surface area contributed by atoms with Crippen LogP contribution in [0.5, 0.6) is 0 Å². The highest BCUT2D eigenvalue weighted by atomic mass is 15.1. The zero-order valence-corrected chi connectivity index (χ0v) is 6.82. The van der Waals surface area contributed by atoms with Crippen LogP contribution in [0.2, 0.25) is 0 Å². The normalized spacial score (nSPS) is 23.7. The van der Waals surface area contributed by atoms with Gasteiger partial charge in [-0.1, -0.05) is 16.8 Å². The number of nitrogens with zero attached hydrogens (tertiary/aromatic N) is 3. The largest absolute Gasteiger partial charge is 0.0934 e. The second-order valence-electron chi connectivity index (χ2n) is 3.08. The van der Waals surface area contributed by atoms with Crippen molar-refractivity contribution in [2.75, 3.05) is 6.54 Å². The van der Waals surface area contributed by atoms with Gasteiger partial charge in [-0.15, -0.1) is 0 Å². The number of hydrogen-bond acceptors (Lipinski definition) is 1. The molecule has 0 saturated carbocycles. The molecule has 0 saturated heterocycles. The molecule has 0 spiro atoms. The molecular weight excluding hydrogens is 138 g/mol. The molecule has 0 aliphatic heterocycles. The first-order valence-corrected chi connectivity index (χ1v) is 4.01. The van der Waals surface area contributed by atoms with E-state index in [-0.39, 0.29) is 0 Å². The van der Waals surface area contributed by atoms with Crippen LogP contribution in [-0.2, 0) is 0 Å². The molecule has 3 heteroatoms. The van der Waals surface area contributed by atoms with Gasteiger partial charge in [0, 0.05) is 11.5 Å².